The summed E-state index contributed by atoms with van der Waals surface area (Å²) in [5.74, 6) is 1.16. The Balaban J connectivity index is 1.45. The lowest BCUT2D eigenvalue weighted by Gasteiger charge is -2.32. The van der Waals surface area contributed by atoms with Crippen LogP contribution in [0, 0.1) is 5.92 Å². The molecule has 0 N–H and O–H groups in total. The molecule has 0 atom stereocenters. The zero-order valence-corrected chi connectivity index (χ0v) is 20.2. The van der Waals surface area contributed by atoms with Crippen LogP contribution in [-0.4, -0.2) is 26.5 Å². The zero-order valence-electron chi connectivity index (χ0n) is 18.6. The predicted octanol–water partition coefficient (Wildman–Crippen LogP) is 6.29. The van der Waals surface area contributed by atoms with E-state index in [0.717, 1.165) is 24.8 Å². The highest BCUT2D eigenvalue weighted by Crippen LogP contribution is 2.37. The topological polar surface area (TPSA) is 63.4 Å². The fraction of sp³-hybridized carbons (Fsp3) is 0.222. The van der Waals surface area contributed by atoms with Gasteiger partial charge >= 0.3 is 0 Å². The van der Waals surface area contributed by atoms with Gasteiger partial charge in [-0.15, -0.1) is 0 Å². The first-order chi connectivity index (χ1) is 16.5. The molecule has 1 fully saturated rings. The van der Waals surface area contributed by atoms with E-state index in [0.29, 0.717) is 35.8 Å². The van der Waals surface area contributed by atoms with Crippen LogP contribution in [-0.2, 0) is 16.3 Å². The number of oxazole rings is 1. The normalized spacial score (nSPS) is 14.9. The van der Waals surface area contributed by atoms with Crippen molar-refractivity contribution >= 4 is 27.3 Å². The van der Waals surface area contributed by atoms with E-state index in [1.165, 1.54) is 17.7 Å². The smallest absolute Gasteiger partial charge is 0.236 e. The molecule has 1 aromatic heterocycles. The van der Waals surface area contributed by atoms with E-state index in [1.54, 1.807) is 12.1 Å². The Kier molecular flexibility index (Phi) is 6.44. The van der Waals surface area contributed by atoms with Gasteiger partial charge in [-0.25, -0.2) is 8.42 Å². The number of aromatic nitrogens is 1. The summed E-state index contributed by atoms with van der Waals surface area (Å²) < 4.78 is 33.3. The minimum absolute atomic E-state index is 0.0461. The fourth-order valence-electron chi connectivity index (χ4n) is 4.39. The molecular formula is C27H25ClN2O3S. The van der Waals surface area contributed by atoms with Crippen LogP contribution in [0.2, 0.25) is 5.02 Å². The van der Waals surface area contributed by atoms with Gasteiger partial charge in [0.1, 0.15) is 0 Å². The maximum absolute atomic E-state index is 13.6. The minimum atomic E-state index is -3.89. The molecule has 0 aliphatic carbocycles. The van der Waals surface area contributed by atoms with Crippen LogP contribution in [0.15, 0.2) is 99.3 Å². The van der Waals surface area contributed by atoms with Crippen LogP contribution in [0.3, 0.4) is 0 Å². The lowest BCUT2D eigenvalue weighted by Crippen LogP contribution is -2.34. The largest absolute Gasteiger partial charge is 0.419 e. The molecule has 5 rings (SSSR count). The van der Waals surface area contributed by atoms with Crippen molar-refractivity contribution in [2.75, 3.05) is 18.0 Å². The van der Waals surface area contributed by atoms with Gasteiger partial charge in [0, 0.05) is 23.7 Å². The maximum Gasteiger partial charge on any atom is 0.236 e. The van der Waals surface area contributed by atoms with Crippen molar-refractivity contribution in [2.24, 2.45) is 5.92 Å². The second-order valence-corrected chi connectivity index (χ2v) is 10.9. The van der Waals surface area contributed by atoms with Gasteiger partial charge in [0.25, 0.3) is 0 Å². The SMILES string of the molecule is O=S(=O)(c1ccc(Cl)cc1)c1nc(-c2ccccc2)oc1N1CCC(Cc2ccccc2)CC1. The lowest BCUT2D eigenvalue weighted by molar-refractivity contribution is 0.387. The second kappa shape index (κ2) is 9.65. The first kappa shape index (κ1) is 22.7. The molecule has 174 valence electrons. The van der Waals surface area contributed by atoms with Gasteiger partial charge in [-0.3, -0.25) is 0 Å². The number of rotatable bonds is 6. The number of halogens is 1. The fourth-order valence-corrected chi connectivity index (χ4v) is 5.84. The van der Waals surface area contributed by atoms with Crippen molar-refractivity contribution in [1.29, 1.82) is 0 Å². The average molecular weight is 493 g/mol. The molecule has 7 heteroatoms. The molecule has 34 heavy (non-hydrogen) atoms. The summed E-state index contributed by atoms with van der Waals surface area (Å²) in [4.78, 5) is 6.64. The highest BCUT2D eigenvalue weighted by Gasteiger charge is 2.33. The van der Waals surface area contributed by atoms with E-state index < -0.39 is 9.84 Å². The van der Waals surface area contributed by atoms with Crippen LogP contribution in [0.1, 0.15) is 18.4 Å². The standard InChI is InChI=1S/C27H25ClN2O3S/c28-23-11-13-24(14-12-23)34(31,32)26-27(33-25(29-26)22-9-5-2-6-10-22)30-17-15-21(16-18-30)19-20-7-3-1-4-8-20/h1-14,21H,15-19H2. The summed E-state index contributed by atoms with van der Waals surface area (Å²) in [7, 11) is -3.89. The Morgan fingerprint density at radius 1 is 0.882 bits per heavy atom. The highest BCUT2D eigenvalue weighted by atomic mass is 35.5. The Hall–Kier alpha value is -3.09. The van der Waals surface area contributed by atoms with Crippen molar-refractivity contribution in [3.63, 3.8) is 0 Å². The molecule has 5 nitrogen and oxygen atoms in total. The van der Waals surface area contributed by atoms with Gasteiger partial charge in [-0.2, -0.15) is 4.98 Å². The van der Waals surface area contributed by atoms with Gasteiger partial charge in [0.05, 0.1) is 4.90 Å². The predicted molar refractivity (Wildman–Crippen MR) is 134 cm³/mol. The lowest BCUT2D eigenvalue weighted by atomic mass is 9.90. The van der Waals surface area contributed by atoms with Gasteiger partial charge in [0.15, 0.2) is 0 Å². The Labute approximate surface area is 204 Å². The van der Waals surface area contributed by atoms with E-state index in [4.69, 9.17) is 16.0 Å². The Morgan fingerprint density at radius 3 is 2.15 bits per heavy atom. The molecule has 0 spiro atoms. The van der Waals surface area contributed by atoms with Crippen LogP contribution in [0.25, 0.3) is 11.5 Å². The molecular weight excluding hydrogens is 468 g/mol. The summed E-state index contributed by atoms with van der Waals surface area (Å²) >= 11 is 5.98. The third-order valence-electron chi connectivity index (χ3n) is 6.25. The third-order valence-corrected chi connectivity index (χ3v) is 8.17. The summed E-state index contributed by atoms with van der Waals surface area (Å²) in [6.07, 6.45) is 2.93. The molecule has 0 unspecified atom stereocenters. The van der Waals surface area contributed by atoms with E-state index >= 15 is 0 Å². The number of nitrogens with zero attached hydrogens (tertiary/aromatic N) is 2. The van der Waals surface area contributed by atoms with Crippen molar-refractivity contribution in [3.05, 3.63) is 95.5 Å². The van der Waals surface area contributed by atoms with Crippen molar-refractivity contribution in [2.45, 2.75) is 29.2 Å². The molecule has 0 bridgehead atoms. The molecule has 3 aromatic carbocycles. The Morgan fingerprint density at radius 2 is 1.50 bits per heavy atom. The molecule has 4 aromatic rings. The summed E-state index contributed by atoms with van der Waals surface area (Å²) in [6, 6.07) is 26.0. The molecule has 0 radical (unpaired) electrons. The summed E-state index contributed by atoms with van der Waals surface area (Å²) in [6.45, 7) is 1.42. The molecule has 1 aliphatic rings. The van der Waals surface area contributed by atoms with Gasteiger partial charge in [0.2, 0.25) is 26.6 Å². The summed E-state index contributed by atoms with van der Waals surface area (Å²) in [5, 5.41) is 0.431. The molecule has 1 aliphatic heterocycles. The van der Waals surface area contributed by atoms with Crippen molar-refractivity contribution < 1.29 is 12.8 Å². The van der Waals surface area contributed by atoms with E-state index in [-0.39, 0.29) is 9.92 Å². The van der Waals surface area contributed by atoms with E-state index in [1.807, 2.05) is 41.3 Å². The summed E-state index contributed by atoms with van der Waals surface area (Å²) in [5.41, 5.74) is 2.07. The number of anilines is 1. The minimum Gasteiger partial charge on any atom is -0.419 e. The van der Waals surface area contributed by atoms with E-state index in [9.17, 15) is 8.42 Å². The van der Waals surface area contributed by atoms with Crippen LogP contribution in [0.5, 0.6) is 0 Å². The Bertz CT molecular complexity index is 1350. The number of benzene rings is 3. The van der Waals surface area contributed by atoms with Crippen molar-refractivity contribution in [3.8, 4) is 11.5 Å². The number of hydrogen-bond acceptors (Lipinski definition) is 5. The van der Waals surface area contributed by atoms with Gasteiger partial charge in [-0.1, -0.05) is 60.1 Å². The van der Waals surface area contributed by atoms with Gasteiger partial charge < -0.3 is 9.32 Å². The second-order valence-electron chi connectivity index (χ2n) is 8.57. The molecule has 0 saturated carbocycles. The van der Waals surface area contributed by atoms with Crippen LogP contribution >= 0.6 is 11.6 Å². The van der Waals surface area contributed by atoms with Crippen LogP contribution < -0.4 is 4.90 Å². The number of sulfone groups is 1. The quantitative estimate of drug-likeness (QED) is 0.316. The average Bonchev–Trinajstić information content (AvgIpc) is 3.33. The monoisotopic (exact) mass is 492 g/mol. The third kappa shape index (κ3) is 4.74. The maximum atomic E-state index is 13.6. The number of piperidine rings is 1. The zero-order chi connectivity index (χ0) is 23.5. The molecule has 1 saturated heterocycles. The van der Waals surface area contributed by atoms with Crippen LogP contribution in [0.4, 0.5) is 5.88 Å². The molecule has 2 heterocycles. The highest BCUT2D eigenvalue weighted by molar-refractivity contribution is 7.91. The van der Waals surface area contributed by atoms with Gasteiger partial charge in [-0.05, 0) is 67.1 Å². The van der Waals surface area contributed by atoms with Crippen molar-refractivity contribution in [1.82, 2.24) is 4.98 Å². The first-order valence-corrected chi connectivity index (χ1v) is 13.2. The number of hydrogen-bond donors (Lipinski definition) is 0. The molecule has 0 amide bonds. The van der Waals surface area contributed by atoms with E-state index in [2.05, 4.69) is 29.2 Å². The first-order valence-electron chi connectivity index (χ1n) is 11.4.